The molecule has 15 heteroatoms. The van der Waals surface area contributed by atoms with Crippen LogP contribution in [0.25, 0.3) is 0 Å². The van der Waals surface area contributed by atoms with Crippen molar-refractivity contribution in [3.8, 4) is 0 Å². The van der Waals surface area contributed by atoms with Crippen LogP contribution in [0.5, 0.6) is 0 Å². The molecule has 0 spiro atoms. The smallest absolute Gasteiger partial charge is 0.270 e. The standard InChI is InChI=1S/C26H24F5N5O4.ClH/c27-14-1-2-18(29)17(8-14)23-20(32)10-16(12-40-23)36-5-3-21(34-36)35-6-4-26(39,25(35)38)24(37)33-11-13-7-15(28)9-19(30)22(13)31;/h1-3,5,7-9,16,20,23,39H,4,6,10-12,32H2,(H,33,37);1H/t16-,20+,23-,26?;/m1./s1. The van der Waals surface area contributed by atoms with Gasteiger partial charge in [0.1, 0.15) is 23.6 Å². The number of carbonyl (C=O) groups is 2. The molecule has 3 aromatic rings. The van der Waals surface area contributed by atoms with Crippen molar-refractivity contribution in [2.75, 3.05) is 18.1 Å². The van der Waals surface area contributed by atoms with E-state index in [0.29, 0.717) is 18.6 Å². The van der Waals surface area contributed by atoms with Crippen LogP contribution in [-0.2, 0) is 20.9 Å². The number of ether oxygens (including phenoxy) is 1. The maximum atomic E-state index is 14.2. The van der Waals surface area contributed by atoms with Crippen LogP contribution in [0.4, 0.5) is 27.8 Å². The van der Waals surface area contributed by atoms with Crippen LogP contribution >= 0.6 is 12.4 Å². The predicted octanol–water partition coefficient (Wildman–Crippen LogP) is 2.81. The van der Waals surface area contributed by atoms with Gasteiger partial charge in [0, 0.05) is 55.0 Å². The molecule has 1 aromatic heterocycles. The molecule has 2 fully saturated rings. The molecule has 0 saturated carbocycles. The lowest BCUT2D eigenvalue weighted by Crippen LogP contribution is -2.52. The van der Waals surface area contributed by atoms with Gasteiger partial charge in [-0.2, -0.15) is 5.10 Å². The molecule has 0 bridgehead atoms. The quantitative estimate of drug-likeness (QED) is 0.227. The van der Waals surface area contributed by atoms with E-state index in [2.05, 4.69) is 10.4 Å². The zero-order valence-electron chi connectivity index (χ0n) is 21.2. The first kappa shape index (κ1) is 30.4. The fraction of sp³-hybridized carbons (Fsp3) is 0.346. The van der Waals surface area contributed by atoms with Gasteiger partial charge in [-0.3, -0.25) is 19.2 Å². The van der Waals surface area contributed by atoms with E-state index in [1.807, 2.05) is 0 Å². The van der Waals surface area contributed by atoms with Crippen molar-refractivity contribution in [3.63, 3.8) is 0 Å². The van der Waals surface area contributed by atoms with E-state index in [0.717, 1.165) is 23.1 Å². The predicted molar refractivity (Wildman–Crippen MR) is 136 cm³/mol. The van der Waals surface area contributed by atoms with Gasteiger partial charge in [-0.05, 0) is 30.7 Å². The van der Waals surface area contributed by atoms with Crippen molar-refractivity contribution in [3.05, 3.63) is 82.8 Å². The zero-order valence-corrected chi connectivity index (χ0v) is 22.0. The Kier molecular flexibility index (Phi) is 8.68. The Morgan fingerprint density at radius 3 is 2.61 bits per heavy atom. The second-order valence-corrected chi connectivity index (χ2v) is 9.74. The SMILES string of the molecule is Cl.N[C@H]1C[C@@H](n2ccc(N3CCC(O)(C(=O)NCc4cc(F)cc(F)c4F)C3=O)n2)CO[C@@H]1c1cc(F)ccc1F. The molecule has 1 unspecified atom stereocenters. The van der Waals surface area contributed by atoms with Crippen LogP contribution in [0, 0.1) is 29.1 Å². The summed E-state index contributed by atoms with van der Waals surface area (Å²) in [4.78, 5) is 26.8. The third-order valence-corrected chi connectivity index (χ3v) is 7.09. The molecule has 5 rings (SSSR count). The van der Waals surface area contributed by atoms with E-state index in [1.54, 1.807) is 6.20 Å². The highest BCUT2D eigenvalue weighted by Crippen LogP contribution is 2.35. The van der Waals surface area contributed by atoms with Crippen molar-refractivity contribution in [1.29, 1.82) is 0 Å². The fourth-order valence-corrected chi connectivity index (χ4v) is 4.95. The molecule has 2 amide bonds. The molecule has 0 aliphatic carbocycles. The molecule has 2 aliphatic rings. The van der Waals surface area contributed by atoms with Crippen LogP contribution in [0.15, 0.2) is 42.6 Å². The molecule has 9 nitrogen and oxygen atoms in total. The summed E-state index contributed by atoms with van der Waals surface area (Å²) in [7, 11) is 0. The van der Waals surface area contributed by atoms with E-state index in [1.165, 1.54) is 10.7 Å². The number of nitrogens with zero attached hydrogens (tertiary/aromatic N) is 3. The van der Waals surface area contributed by atoms with Gasteiger partial charge in [0.15, 0.2) is 17.5 Å². The normalized spacial score (nSPS) is 24.3. The zero-order chi connectivity index (χ0) is 28.8. The number of amides is 2. The summed E-state index contributed by atoms with van der Waals surface area (Å²) in [6.07, 6.45) is 0.653. The van der Waals surface area contributed by atoms with Crippen LogP contribution in [0.3, 0.4) is 0 Å². The molecule has 4 N–H and O–H groups in total. The average Bonchev–Trinajstić information content (AvgIpc) is 3.52. The van der Waals surface area contributed by atoms with Gasteiger partial charge in [-0.15, -0.1) is 12.4 Å². The lowest BCUT2D eigenvalue weighted by molar-refractivity contribution is -0.149. The summed E-state index contributed by atoms with van der Waals surface area (Å²) in [5, 5.41) is 17.3. The van der Waals surface area contributed by atoms with E-state index < -0.39 is 76.8 Å². The van der Waals surface area contributed by atoms with Crippen molar-refractivity contribution >= 4 is 30.0 Å². The second kappa shape index (κ2) is 11.7. The molecule has 4 atom stereocenters. The lowest BCUT2D eigenvalue weighted by atomic mass is 9.94. The molecule has 0 radical (unpaired) electrons. The Morgan fingerprint density at radius 2 is 1.88 bits per heavy atom. The van der Waals surface area contributed by atoms with E-state index in [9.17, 15) is 36.6 Å². The summed E-state index contributed by atoms with van der Waals surface area (Å²) in [6.45, 7) is -0.677. The fourth-order valence-electron chi connectivity index (χ4n) is 4.95. The topological polar surface area (TPSA) is 123 Å². The van der Waals surface area contributed by atoms with E-state index >= 15 is 0 Å². The maximum absolute atomic E-state index is 14.2. The monoisotopic (exact) mass is 601 g/mol. The van der Waals surface area contributed by atoms with Crippen LogP contribution in [0.1, 0.15) is 36.1 Å². The molecule has 2 saturated heterocycles. The molecule has 41 heavy (non-hydrogen) atoms. The highest BCUT2D eigenvalue weighted by molar-refractivity contribution is 6.16. The van der Waals surface area contributed by atoms with E-state index in [4.69, 9.17) is 10.5 Å². The van der Waals surface area contributed by atoms with E-state index in [-0.39, 0.29) is 43.4 Å². The van der Waals surface area contributed by atoms with Crippen molar-refractivity contribution in [2.45, 2.75) is 43.2 Å². The third-order valence-electron chi connectivity index (χ3n) is 7.09. The van der Waals surface area contributed by atoms with Crippen LogP contribution in [0.2, 0.25) is 0 Å². The Morgan fingerprint density at radius 1 is 1.12 bits per heavy atom. The largest absolute Gasteiger partial charge is 0.372 e. The number of nitrogens with one attached hydrogen (secondary N) is 1. The minimum absolute atomic E-state index is 0. The number of hydrogen-bond acceptors (Lipinski definition) is 6. The van der Waals surface area contributed by atoms with Crippen molar-refractivity contribution < 1.29 is 41.4 Å². The summed E-state index contributed by atoms with van der Waals surface area (Å²) < 4.78 is 75.8. The van der Waals surface area contributed by atoms with Crippen molar-refractivity contribution in [2.24, 2.45) is 5.73 Å². The van der Waals surface area contributed by atoms with Gasteiger partial charge in [0.2, 0.25) is 5.60 Å². The maximum Gasteiger partial charge on any atom is 0.270 e. The summed E-state index contributed by atoms with van der Waals surface area (Å²) in [5.74, 6) is -7.14. The average molecular weight is 602 g/mol. The molecular weight excluding hydrogens is 577 g/mol. The Bertz CT molecular complexity index is 1480. The highest BCUT2D eigenvalue weighted by atomic mass is 35.5. The van der Waals surface area contributed by atoms with Gasteiger partial charge < -0.3 is 20.9 Å². The number of halogens is 6. The van der Waals surface area contributed by atoms with Gasteiger partial charge in [-0.25, -0.2) is 22.0 Å². The highest BCUT2D eigenvalue weighted by Gasteiger charge is 2.52. The summed E-state index contributed by atoms with van der Waals surface area (Å²) in [5.41, 5.74) is 3.22. The minimum atomic E-state index is -2.51. The first-order valence-electron chi connectivity index (χ1n) is 12.3. The van der Waals surface area contributed by atoms with Gasteiger partial charge in [-0.1, -0.05) is 0 Å². The third kappa shape index (κ3) is 5.77. The molecular formula is C26H25ClF5N5O4. The number of nitrogens with two attached hydrogens (primary N) is 1. The number of carbonyl (C=O) groups excluding carboxylic acids is 2. The van der Waals surface area contributed by atoms with Gasteiger partial charge >= 0.3 is 0 Å². The number of rotatable bonds is 6. The minimum Gasteiger partial charge on any atom is -0.372 e. The summed E-state index contributed by atoms with van der Waals surface area (Å²) in [6, 6.07) is 4.46. The Hall–Kier alpha value is -3.59. The molecule has 3 heterocycles. The van der Waals surface area contributed by atoms with Crippen LogP contribution in [-0.4, -0.2) is 51.5 Å². The molecule has 2 aromatic carbocycles. The lowest BCUT2D eigenvalue weighted by Gasteiger charge is -2.34. The number of benzene rings is 2. The molecule has 220 valence electrons. The van der Waals surface area contributed by atoms with Crippen LogP contribution < -0.4 is 16.0 Å². The van der Waals surface area contributed by atoms with Gasteiger partial charge in [0.25, 0.3) is 11.8 Å². The summed E-state index contributed by atoms with van der Waals surface area (Å²) >= 11 is 0. The second-order valence-electron chi connectivity index (χ2n) is 9.74. The Balaban J connectivity index is 0.00000387. The van der Waals surface area contributed by atoms with Gasteiger partial charge in [0.05, 0.1) is 12.6 Å². The first-order chi connectivity index (χ1) is 19.0. The molecule has 2 aliphatic heterocycles. The Labute approximate surface area is 236 Å². The van der Waals surface area contributed by atoms with Crippen molar-refractivity contribution in [1.82, 2.24) is 15.1 Å². The number of aromatic nitrogens is 2. The number of aliphatic hydroxyl groups is 1. The first-order valence-corrected chi connectivity index (χ1v) is 12.3. The number of anilines is 1. The number of hydrogen-bond donors (Lipinski definition) is 3.